The number of urea groups is 1. The van der Waals surface area contributed by atoms with Crippen LogP contribution in [0.5, 0.6) is 0 Å². The number of primary amides is 1. The Morgan fingerprint density at radius 3 is 2.30 bits per heavy atom. The molecule has 5 N–H and O–H groups in total. The van der Waals surface area contributed by atoms with E-state index in [-0.39, 0.29) is 5.92 Å². The quantitative estimate of drug-likeness (QED) is 0.491. The number of rotatable bonds is 9. The highest BCUT2D eigenvalue weighted by Gasteiger charge is 2.28. The van der Waals surface area contributed by atoms with Gasteiger partial charge < -0.3 is 21.5 Å². The third-order valence-corrected chi connectivity index (χ3v) is 3.66. The van der Waals surface area contributed by atoms with Gasteiger partial charge in [0.25, 0.3) is 0 Å². The first kappa shape index (κ1) is 18.6. The lowest BCUT2D eigenvalue weighted by atomic mass is 9.99. The highest BCUT2D eigenvalue weighted by Crippen LogP contribution is 2.09. The SMILES string of the molecule is CCC(C)C(NC(=O)C(CCSC)NC(N)=O)C(=O)O. The van der Waals surface area contributed by atoms with Gasteiger partial charge in [-0.15, -0.1) is 0 Å². The number of aliphatic carboxylic acids is 1. The fraction of sp³-hybridized carbons (Fsp3) is 0.750. The molecular formula is C12H23N3O4S. The van der Waals surface area contributed by atoms with Crippen LogP contribution in [-0.4, -0.2) is 47.1 Å². The van der Waals surface area contributed by atoms with E-state index >= 15 is 0 Å². The summed E-state index contributed by atoms with van der Waals surface area (Å²) in [6, 6.07) is -2.59. The van der Waals surface area contributed by atoms with Crippen LogP contribution in [0.25, 0.3) is 0 Å². The Balaban J connectivity index is 4.77. The van der Waals surface area contributed by atoms with Crippen LogP contribution in [0.15, 0.2) is 0 Å². The van der Waals surface area contributed by atoms with E-state index in [9.17, 15) is 14.4 Å². The lowest BCUT2D eigenvalue weighted by Crippen LogP contribution is -2.54. The van der Waals surface area contributed by atoms with Crippen molar-refractivity contribution in [3.8, 4) is 0 Å². The molecule has 0 radical (unpaired) electrons. The molecule has 3 atom stereocenters. The predicted molar refractivity (Wildman–Crippen MR) is 78.5 cm³/mol. The number of nitrogens with one attached hydrogen (secondary N) is 2. The molecule has 0 rings (SSSR count). The number of carboxylic acids is 1. The van der Waals surface area contributed by atoms with E-state index in [4.69, 9.17) is 10.8 Å². The van der Waals surface area contributed by atoms with Gasteiger partial charge >= 0.3 is 12.0 Å². The number of carboxylic acid groups (broad SMARTS) is 1. The third kappa shape index (κ3) is 6.65. The molecule has 20 heavy (non-hydrogen) atoms. The summed E-state index contributed by atoms with van der Waals surface area (Å²) in [4.78, 5) is 34.1. The Bertz CT molecular complexity index is 352. The zero-order chi connectivity index (χ0) is 15.7. The van der Waals surface area contributed by atoms with E-state index in [1.54, 1.807) is 6.92 Å². The molecule has 0 aromatic heterocycles. The fourth-order valence-electron chi connectivity index (χ4n) is 1.61. The molecular weight excluding hydrogens is 282 g/mol. The number of carbonyl (C=O) groups is 3. The van der Waals surface area contributed by atoms with Crippen molar-refractivity contribution < 1.29 is 19.5 Å². The van der Waals surface area contributed by atoms with Crippen LogP contribution in [0.4, 0.5) is 4.79 Å². The molecule has 0 aliphatic rings. The van der Waals surface area contributed by atoms with E-state index in [2.05, 4.69) is 10.6 Å². The van der Waals surface area contributed by atoms with Crippen molar-refractivity contribution in [2.24, 2.45) is 11.7 Å². The van der Waals surface area contributed by atoms with Gasteiger partial charge in [0, 0.05) is 0 Å². The van der Waals surface area contributed by atoms with Crippen LogP contribution in [0, 0.1) is 5.92 Å². The summed E-state index contributed by atoms with van der Waals surface area (Å²) < 4.78 is 0. The Morgan fingerprint density at radius 2 is 1.90 bits per heavy atom. The monoisotopic (exact) mass is 305 g/mol. The summed E-state index contributed by atoms with van der Waals surface area (Å²) in [5.74, 6) is -1.16. The molecule has 0 aliphatic heterocycles. The number of hydrogen-bond donors (Lipinski definition) is 4. The lowest BCUT2D eigenvalue weighted by molar-refractivity contribution is -0.143. The smallest absolute Gasteiger partial charge is 0.326 e. The zero-order valence-corrected chi connectivity index (χ0v) is 12.8. The second kappa shape index (κ2) is 9.46. The van der Waals surface area contributed by atoms with Crippen molar-refractivity contribution in [3.63, 3.8) is 0 Å². The van der Waals surface area contributed by atoms with Crippen LogP contribution in [-0.2, 0) is 9.59 Å². The summed E-state index contributed by atoms with van der Waals surface area (Å²) in [6.07, 6.45) is 2.89. The zero-order valence-electron chi connectivity index (χ0n) is 12.0. The van der Waals surface area contributed by atoms with Gasteiger partial charge in [0.1, 0.15) is 12.1 Å². The molecule has 0 fully saturated rings. The average molecular weight is 305 g/mol. The number of thioether (sulfide) groups is 1. The molecule has 0 aromatic carbocycles. The highest BCUT2D eigenvalue weighted by molar-refractivity contribution is 7.98. The van der Waals surface area contributed by atoms with Crippen LogP contribution in [0.2, 0.25) is 0 Å². The number of nitrogens with two attached hydrogens (primary N) is 1. The molecule has 8 heteroatoms. The molecule has 3 unspecified atom stereocenters. The van der Waals surface area contributed by atoms with Gasteiger partial charge in [0.2, 0.25) is 5.91 Å². The van der Waals surface area contributed by atoms with Crippen molar-refractivity contribution >= 4 is 29.7 Å². The Kier molecular flexibility index (Phi) is 8.78. The number of carbonyl (C=O) groups excluding carboxylic acids is 2. The molecule has 3 amide bonds. The maximum absolute atomic E-state index is 12.1. The summed E-state index contributed by atoms with van der Waals surface area (Å²) >= 11 is 1.52. The van der Waals surface area contributed by atoms with Crippen molar-refractivity contribution in [2.75, 3.05) is 12.0 Å². The van der Waals surface area contributed by atoms with Crippen molar-refractivity contribution in [1.82, 2.24) is 10.6 Å². The van der Waals surface area contributed by atoms with Crippen LogP contribution >= 0.6 is 11.8 Å². The van der Waals surface area contributed by atoms with Gasteiger partial charge in [-0.05, 0) is 24.3 Å². The highest BCUT2D eigenvalue weighted by atomic mass is 32.2. The van der Waals surface area contributed by atoms with Crippen LogP contribution < -0.4 is 16.4 Å². The molecule has 0 saturated carbocycles. The molecule has 0 heterocycles. The Morgan fingerprint density at radius 1 is 1.30 bits per heavy atom. The predicted octanol–water partition coefficient (Wildman–Crippen LogP) is 0.392. The minimum absolute atomic E-state index is 0.203. The molecule has 0 spiro atoms. The van der Waals surface area contributed by atoms with Gasteiger partial charge in [0.05, 0.1) is 0 Å². The van der Waals surface area contributed by atoms with E-state index in [0.717, 1.165) is 0 Å². The standard InChI is InChI=1S/C12H23N3O4S/c1-4-7(2)9(11(17)18)15-10(16)8(5-6-20-3)14-12(13)19/h7-9H,4-6H2,1-3H3,(H,15,16)(H,17,18)(H3,13,14,19). The van der Waals surface area contributed by atoms with E-state index in [1.165, 1.54) is 11.8 Å². The lowest BCUT2D eigenvalue weighted by Gasteiger charge is -2.23. The topological polar surface area (TPSA) is 122 Å². The summed E-state index contributed by atoms with van der Waals surface area (Å²) in [5, 5.41) is 13.9. The maximum Gasteiger partial charge on any atom is 0.326 e. The van der Waals surface area contributed by atoms with E-state index in [1.807, 2.05) is 13.2 Å². The summed E-state index contributed by atoms with van der Waals surface area (Å²) in [5.41, 5.74) is 5.03. The summed E-state index contributed by atoms with van der Waals surface area (Å²) in [7, 11) is 0. The molecule has 0 aliphatic carbocycles. The third-order valence-electron chi connectivity index (χ3n) is 3.02. The van der Waals surface area contributed by atoms with Crippen molar-refractivity contribution in [2.45, 2.75) is 38.8 Å². The first-order valence-electron chi connectivity index (χ1n) is 6.41. The first-order valence-corrected chi connectivity index (χ1v) is 7.80. The molecule has 0 aromatic rings. The van der Waals surface area contributed by atoms with Gasteiger partial charge in [0.15, 0.2) is 0 Å². The van der Waals surface area contributed by atoms with Crippen molar-refractivity contribution in [1.29, 1.82) is 0 Å². The molecule has 0 saturated heterocycles. The molecule has 116 valence electrons. The first-order chi connectivity index (χ1) is 9.33. The van der Waals surface area contributed by atoms with Crippen LogP contribution in [0.1, 0.15) is 26.7 Å². The number of amides is 3. The minimum atomic E-state index is -1.09. The fourth-order valence-corrected chi connectivity index (χ4v) is 2.08. The normalized spacial score (nSPS) is 14.9. The Labute approximate surface area is 123 Å². The van der Waals surface area contributed by atoms with E-state index < -0.39 is 30.0 Å². The average Bonchev–Trinajstić information content (AvgIpc) is 2.38. The number of hydrogen-bond acceptors (Lipinski definition) is 4. The molecule has 0 bridgehead atoms. The van der Waals surface area contributed by atoms with Gasteiger partial charge in [-0.2, -0.15) is 11.8 Å². The second-order valence-corrected chi connectivity index (χ2v) is 5.54. The Hall–Kier alpha value is -1.44. The van der Waals surface area contributed by atoms with E-state index in [0.29, 0.717) is 18.6 Å². The van der Waals surface area contributed by atoms with Crippen molar-refractivity contribution in [3.05, 3.63) is 0 Å². The van der Waals surface area contributed by atoms with Gasteiger partial charge in [-0.1, -0.05) is 20.3 Å². The second-order valence-electron chi connectivity index (χ2n) is 4.55. The summed E-state index contributed by atoms with van der Waals surface area (Å²) in [6.45, 7) is 3.59. The molecule has 7 nitrogen and oxygen atoms in total. The van der Waals surface area contributed by atoms with Crippen LogP contribution in [0.3, 0.4) is 0 Å². The maximum atomic E-state index is 12.1. The minimum Gasteiger partial charge on any atom is -0.480 e. The largest absolute Gasteiger partial charge is 0.480 e. The van der Waals surface area contributed by atoms with Gasteiger partial charge in [-0.3, -0.25) is 4.79 Å². The van der Waals surface area contributed by atoms with Gasteiger partial charge in [-0.25, -0.2) is 9.59 Å².